The molecular weight excluding hydrogens is 250 g/mol. The van der Waals surface area contributed by atoms with Crippen LogP contribution in [0, 0.1) is 11.6 Å². The van der Waals surface area contributed by atoms with Gasteiger partial charge in [0.25, 0.3) is 0 Å². The van der Waals surface area contributed by atoms with Gasteiger partial charge in [-0.1, -0.05) is 13.0 Å². The van der Waals surface area contributed by atoms with E-state index in [0.717, 1.165) is 6.42 Å². The summed E-state index contributed by atoms with van der Waals surface area (Å²) in [6.07, 6.45) is 3.07. The second-order valence-electron chi connectivity index (χ2n) is 4.40. The van der Waals surface area contributed by atoms with Gasteiger partial charge in [0.15, 0.2) is 0 Å². The van der Waals surface area contributed by atoms with Crippen molar-refractivity contribution in [3.63, 3.8) is 0 Å². The van der Waals surface area contributed by atoms with Crippen LogP contribution in [-0.4, -0.2) is 14.7 Å². The molecule has 2 rings (SSSR count). The average Bonchev–Trinajstić information content (AvgIpc) is 2.83. The van der Waals surface area contributed by atoms with Crippen molar-refractivity contribution < 1.29 is 13.9 Å². The van der Waals surface area contributed by atoms with E-state index >= 15 is 0 Å². The predicted octanol–water partition coefficient (Wildman–Crippen LogP) is 2.85. The van der Waals surface area contributed by atoms with Crippen LogP contribution in [0.5, 0.6) is 0 Å². The third-order valence-electron chi connectivity index (χ3n) is 2.97. The van der Waals surface area contributed by atoms with Gasteiger partial charge >= 0.3 is 0 Å². The predicted molar refractivity (Wildman–Crippen MR) is 67.5 cm³/mol. The molecule has 5 heteroatoms. The van der Waals surface area contributed by atoms with Crippen molar-refractivity contribution in [2.24, 2.45) is 0 Å². The lowest BCUT2D eigenvalue weighted by Gasteiger charge is -2.13. The Morgan fingerprint density at radius 1 is 1.32 bits per heavy atom. The first-order chi connectivity index (χ1) is 9.13. The van der Waals surface area contributed by atoms with Gasteiger partial charge in [0, 0.05) is 30.9 Å². The molecule has 0 aliphatic heterocycles. The Hall–Kier alpha value is -1.75. The minimum atomic E-state index is -1.02. The number of benzene rings is 1. The maximum Gasteiger partial charge on any atom is 0.137 e. The zero-order chi connectivity index (χ0) is 13.8. The van der Waals surface area contributed by atoms with Crippen LogP contribution in [-0.2, 0) is 13.0 Å². The smallest absolute Gasteiger partial charge is 0.137 e. The molecule has 2 aromatic rings. The number of aryl methyl sites for hydroxylation is 1. The fraction of sp³-hybridized carbons (Fsp3) is 0.357. The average molecular weight is 266 g/mol. The van der Waals surface area contributed by atoms with Crippen LogP contribution < -0.4 is 0 Å². The fourth-order valence-electron chi connectivity index (χ4n) is 2.06. The summed E-state index contributed by atoms with van der Waals surface area (Å²) >= 11 is 0. The summed E-state index contributed by atoms with van der Waals surface area (Å²) < 4.78 is 28.8. The van der Waals surface area contributed by atoms with Crippen LogP contribution in [0.4, 0.5) is 8.78 Å². The number of imidazole rings is 1. The first-order valence-corrected chi connectivity index (χ1v) is 6.25. The molecule has 102 valence electrons. The first kappa shape index (κ1) is 13.7. The molecule has 0 fully saturated rings. The maximum atomic E-state index is 13.5. The summed E-state index contributed by atoms with van der Waals surface area (Å²) in [6.45, 7) is 2.72. The molecule has 0 saturated heterocycles. The number of halogens is 2. The second-order valence-corrected chi connectivity index (χ2v) is 4.40. The number of nitrogens with zero attached hydrogens (tertiary/aromatic N) is 2. The Morgan fingerprint density at radius 3 is 2.63 bits per heavy atom. The van der Waals surface area contributed by atoms with Crippen molar-refractivity contribution >= 4 is 0 Å². The Balaban J connectivity index is 2.21. The molecule has 0 amide bonds. The van der Waals surface area contributed by atoms with Crippen LogP contribution in [0.1, 0.15) is 30.8 Å². The minimum absolute atomic E-state index is 0.110. The van der Waals surface area contributed by atoms with Gasteiger partial charge in [-0.3, -0.25) is 0 Å². The van der Waals surface area contributed by atoms with E-state index in [4.69, 9.17) is 0 Å². The lowest BCUT2D eigenvalue weighted by molar-refractivity contribution is 0.160. The van der Waals surface area contributed by atoms with E-state index in [9.17, 15) is 13.9 Å². The normalized spacial score (nSPS) is 12.6. The number of hydrogen-bond acceptors (Lipinski definition) is 2. The molecule has 1 atom stereocenters. The van der Waals surface area contributed by atoms with Gasteiger partial charge in [-0.25, -0.2) is 13.8 Å². The van der Waals surface area contributed by atoms with Crippen molar-refractivity contribution in [3.8, 4) is 0 Å². The van der Waals surface area contributed by atoms with Crippen molar-refractivity contribution in [1.29, 1.82) is 0 Å². The Labute approximate surface area is 110 Å². The van der Waals surface area contributed by atoms with Gasteiger partial charge in [-0.2, -0.15) is 0 Å². The molecule has 0 bridgehead atoms. The van der Waals surface area contributed by atoms with Crippen molar-refractivity contribution in [3.05, 3.63) is 53.6 Å². The van der Waals surface area contributed by atoms with Gasteiger partial charge in [0.05, 0.1) is 0 Å². The van der Waals surface area contributed by atoms with E-state index in [0.29, 0.717) is 12.4 Å². The molecule has 1 aromatic carbocycles. The largest absolute Gasteiger partial charge is 0.385 e. The molecule has 1 unspecified atom stereocenters. The summed E-state index contributed by atoms with van der Waals surface area (Å²) in [7, 11) is 0. The molecule has 3 nitrogen and oxygen atoms in total. The van der Waals surface area contributed by atoms with Crippen LogP contribution >= 0.6 is 0 Å². The molecule has 1 heterocycles. The molecule has 0 aliphatic carbocycles. The standard InChI is InChI=1S/C14H16F2N2O/c1-2-7-18-8-6-17-14(18)13(19)9-10-11(15)4-3-5-12(10)16/h3-6,8,13,19H,2,7,9H2,1H3. The van der Waals surface area contributed by atoms with Crippen LogP contribution in [0.25, 0.3) is 0 Å². The van der Waals surface area contributed by atoms with E-state index in [1.807, 2.05) is 6.92 Å². The summed E-state index contributed by atoms with van der Waals surface area (Å²) in [5.41, 5.74) is -0.110. The van der Waals surface area contributed by atoms with E-state index in [-0.39, 0.29) is 12.0 Å². The van der Waals surface area contributed by atoms with Gasteiger partial charge in [0.2, 0.25) is 0 Å². The van der Waals surface area contributed by atoms with Gasteiger partial charge < -0.3 is 9.67 Å². The van der Waals surface area contributed by atoms with Gasteiger partial charge in [0.1, 0.15) is 23.6 Å². The fourth-order valence-corrected chi connectivity index (χ4v) is 2.06. The Kier molecular flexibility index (Phi) is 4.27. The van der Waals surface area contributed by atoms with Crippen LogP contribution in [0.2, 0.25) is 0 Å². The zero-order valence-corrected chi connectivity index (χ0v) is 10.7. The van der Waals surface area contributed by atoms with E-state index in [1.165, 1.54) is 18.2 Å². The number of aliphatic hydroxyl groups excluding tert-OH is 1. The topological polar surface area (TPSA) is 38.0 Å². The van der Waals surface area contributed by atoms with E-state index in [1.54, 1.807) is 17.0 Å². The highest BCUT2D eigenvalue weighted by atomic mass is 19.1. The van der Waals surface area contributed by atoms with Gasteiger partial charge in [-0.05, 0) is 18.6 Å². The lowest BCUT2D eigenvalue weighted by atomic mass is 10.1. The number of aliphatic hydroxyl groups is 1. The maximum absolute atomic E-state index is 13.5. The molecule has 19 heavy (non-hydrogen) atoms. The highest BCUT2D eigenvalue weighted by Crippen LogP contribution is 2.21. The number of hydrogen-bond donors (Lipinski definition) is 1. The molecule has 0 spiro atoms. The molecule has 0 saturated carbocycles. The van der Waals surface area contributed by atoms with Crippen LogP contribution in [0.15, 0.2) is 30.6 Å². The first-order valence-electron chi connectivity index (χ1n) is 6.25. The van der Waals surface area contributed by atoms with Gasteiger partial charge in [-0.15, -0.1) is 0 Å². The number of rotatable bonds is 5. The van der Waals surface area contributed by atoms with Crippen molar-refractivity contribution in [2.45, 2.75) is 32.4 Å². The highest BCUT2D eigenvalue weighted by Gasteiger charge is 2.18. The van der Waals surface area contributed by atoms with E-state index in [2.05, 4.69) is 4.98 Å². The van der Waals surface area contributed by atoms with E-state index < -0.39 is 17.7 Å². The second kappa shape index (κ2) is 5.93. The van der Waals surface area contributed by atoms with Crippen LogP contribution in [0.3, 0.4) is 0 Å². The SMILES string of the molecule is CCCn1ccnc1C(O)Cc1c(F)cccc1F. The highest BCUT2D eigenvalue weighted by molar-refractivity contribution is 5.21. The quantitative estimate of drug-likeness (QED) is 0.903. The third kappa shape index (κ3) is 2.98. The lowest BCUT2D eigenvalue weighted by Crippen LogP contribution is -2.12. The molecule has 0 radical (unpaired) electrons. The number of aromatic nitrogens is 2. The third-order valence-corrected chi connectivity index (χ3v) is 2.97. The molecule has 1 aromatic heterocycles. The van der Waals surface area contributed by atoms with Crippen molar-refractivity contribution in [1.82, 2.24) is 9.55 Å². The monoisotopic (exact) mass is 266 g/mol. The molecule has 1 N–H and O–H groups in total. The Bertz CT molecular complexity index is 534. The molecule has 0 aliphatic rings. The summed E-state index contributed by atoms with van der Waals surface area (Å²) in [4.78, 5) is 4.06. The zero-order valence-electron chi connectivity index (χ0n) is 10.7. The van der Waals surface area contributed by atoms with Crippen molar-refractivity contribution in [2.75, 3.05) is 0 Å². The Morgan fingerprint density at radius 2 is 2.00 bits per heavy atom. The minimum Gasteiger partial charge on any atom is -0.385 e. The molecular formula is C14H16F2N2O. The summed E-state index contributed by atoms with van der Waals surface area (Å²) in [6, 6.07) is 3.67. The summed E-state index contributed by atoms with van der Waals surface area (Å²) in [5.74, 6) is -0.857. The summed E-state index contributed by atoms with van der Waals surface area (Å²) in [5, 5.41) is 10.1.